The smallest absolute Gasteiger partial charge is 0.268 e. The molecule has 1 aromatic heterocycles. The highest BCUT2D eigenvalue weighted by atomic mass is 32.2. The molecule has 0 bridgehead atoms. The van der Waals surface area contributed by atoms with Gasteiger partial charge in [0.2, 0.25) is 0 Å². The van der Waals surface area contributed by atoms with Crippen molar-refractivity contribution in [3.63, 3.8) is 0 Å². The summed E-state index contributed by atoms with van der Waals surface area (Å²) in [6.45, 7) is 4.80. The number of benzene rings is 1. The third kappa shape index (κ3) is 3.13. The molecule has 0 saturated carbocycles. The average Bonchev–Trinajstić information content (AvgIpc) is 2.93. The van der Waals surface area contributed by atoms with E-state index < -0.39 is 9.84 Å². The lowest BCUT2D eigenvalue weighted by Crippen LogP contribution is -2.35. The van der Waals surface area contributed by atoms with Crippen LogP contribution in [0.25, 0.3) is 0 Å². The molecule has 1 aliphatic rings. The highest BCUT2D eigenvalue weighted by Crippen LogP contribution is 2.32. The van der Waals surface area contributed by atoms with Crippen LogP contribution in [-0.2, 0) is 22.7 Å². The van der Waals surface area contributed by atoms with Gasteiger partial charge >= 0.3 is 0 Å². The van der Waals surface area contributed by atoms with E-state index in [0.29, 0.717) is 11.4 Å². The molecule has 3 rings (SSSR count). The molecule has 1 amide bonds. The summed E-state index contributed by atoms with van der Waals surface area (Å²) >= 11 is 1.56. The van der Waals surface area contributed by atoms with Crippen molar-refractivity contribution >= 4 is 32.8 Å². The molecule has 0 saturated heterocycles. The van der Waals surface area contributed by atoms with Gasteiger partial charge in [0.15, 0.2) is 9.84 Å². The number of hydrogen-bond acceptors (Lipinski definition) is 4. The van der Waals surface area contributed by atoms with Crippen LogP contribution in [0.4, 0.5) is 5.69 Å². The zero-order chi connectivity index (χ0) is 17.5. The largest absolute Gasteiger partial charge is 0.307 e. The summed E-state index contributed by atoms with van der Waals surface area (Å²) in [6, 6.07) is 7.03. The Bertz CT molecular complexity index is 897. The van der Waals surface area contributed by atoms with E-state index in [2.05, 4.69) is 6.92 Å². The molecule has 0 aliphatic carbocycles. The number of rotatable bonds is 3. The number of nitrogens with zero attached hydrogens (tertiary/aromatic N) is 1. The van der Waals surface area contributed by atoms with Gasteiger partial charge in [-0.05, 0) is 61.6 Å². The number of thiophene rings is 1. The van der Waals surface area contributed by atoms with Gasteiger partial charge in [0.25, 0.3) is 5.91 Å². The Hall–Kier alpha value is -1.66. The summed E-state index contributed by atoms with van der Waals surface area (Å²) in [5, 5.41) is 0. The third-order valence-corrected chi connectivity index (χ3v) is 6.88. The van der Waals surface area contributed by atoms with Crippen molar-refractivity contribution in [2.24, 2.45) is 0 Å². The van der Waals surface area contributed by atoms with Crippen LogP contribution in [-0.4, -0.2) is 27.1 Å². The number of carbonyl (C=O) groups excluding carboxylic acids is 1. The SMILES string of the molecule is CCc1sc(C(=O)N2CCCc3cc(S(C)(=O)=O)ccc32)cc1C. The molecule has 2 aromatic rings. The molecule has 0 fully saturated rings. The summed E-state index contributed by atoms with van der Waals surface area (Å²) < 4.78 is 23.5. The number of hydrogen-bond donors (Lipinski definition) is 0. The Kier molecular flexibility index (Phi) is 4.53. The van der Waals surface area contributed by atoms with E-state index >= 15 is 0 Å². The van der Waals surface area contributed by atoms with Crippen molar-refractivity contribution in [3.05, 3.63) is 45.1 Å². The first kappa shape index (κ1) is 17.2. The molecule has 0 N–H and O–H groups in total. The molecule has 2 heterocycles. The van der Waals surface area contributed by atoms with Crippen LogP contribution >= 0.6 is 11.3 Å². The first-order valence-corrected chi connectivity index (χ1v) is 10.8. The molecular weight excluding hydrogens is 342 g/mol. The van der Waals surface area contributed by atoms with E-state index in [-0.39, 0.29) is 5.91 Å². The van der Waals surface area contributed by atoms with Crippen molar-refractivity contribution < 1.29 is 13.2 Å². The normalized spacial score (nSPS) is 14.5. The van der Waals surface area contributed by atoms with Crippen LogP contribution in [0.3, 0.4) is 0 Å². The van der Waals surface area contributed by atoms with Gasteiger partial charge in [-0.25, -0.2) is 8.42 Å². The second-order valence-corrected chi connectivity index (χ2v) is 9.35. The number of fused-ring (bicyclic) bond motifs is 1. The van der Waals surface area contributed by atoms with Gasteiger partial charge in [0.05, 0.1) is 9.77 Å². The zero-order valence-corrected chi connectivity index (χ0v) is 15.8. The monoisotopic (exact) mass is 363 g/mol. The van der Waals surface area contributed by atoms with Gasteiger partial charge in [-0.3, -0.25) is 4.79 Å². The van der Waals surface area contributed by atoms with Crippen LogP contribution < -0.4 is 4.90 Å². The molecule has 0 atom stereocenters. The summed E-state index contributed by atoms with van der Waals surface area (Å²) in [7, 11) is -3.23. The second-order valence-electron chi connectivity index (χ2n) is 6.19. The molecule has 4 nitrogen and oxygen atoms in total. The highest BCUT2D eigenvalue weighted by molar-refractivity contribution is 7.90. The van der Waals surface area contributed by atoms with Crippen molar-refractivity contribution in [3.8, 4) is 0 Å². The van der Waals surface area contributed by atoms with E-state index in [9.17, 15) is 13.2 Å². The number of sulfone groups is 1. The highest BCUT2D eigenvalue weighted by Gasteiger charge is 2.26. The Morgan fingerprint density at radius 2 is 2.04 bits per heavy atom. The topological polar surface area (TPSA) is 54.5 Å². The van der Waals surface area contributed by atoms with Gasteiger partial charge in [-0.1, -0.05) is 6.92 Å². The van der Waals surface area contributed by atoms with Crippen molar-refractivity contribution in [1.82, 2.24) is 0 Å². The maximum atomic E-state index is 12.9. The van der Waals surface area contributed by atoms with Crippen molar-refractivity contribution in [2.75, 3.05) is 17.7 Å². The standard InChI is InChI=1S/C18H21NO3S2/c1-4-16-12(2)10-17(23-16)18(20)19-9-5-6-13-11-14(24(3,21)22)7-8-15(13)19/h7-8,10-11H,4-6,9H2,1-3H3. The molecule has 128 valence electrons. The molecule has 24 heavy (non-hydrogen) atoms. The van der Waals surface area contributed by atoms with Gasteiger partial charge < -0.3 is 4.90 Å². The molecule has 6 heteroatoms. The maximum Gasteiger partial charge on any atom is 0.268 e. The Labute approximate surface area is 147 Å². The zero-order valence-electron chi connectivity index (χ0n) is 14.1. The average molecular weight is 364 g/mol. The molecule has 0 unspecified atom stereocenters. The van der Waals surface area contributed by atoms with E-state index in [1.54, 1.807) is 34.4 Å². The number of aryl methyl sites for hydroxylation is 3. The predicted molar refractivity (Wildman–Crippen MR) is 98.0 cm³/mol. The van der Waals surface area contributed by atoms with Crippen LogP contribution in [0, 0.1) is 6.92 Å². The summed E-state index contributed by atoms with van der Waals surface area (Å²) in [5.41, 5.74) is 2.93. The minimum absolute atomic E-state index is 0.0101. The molecule has 0 spiro atoms. The minimum atomic E-state index is -3.23. The molecule has 0 radical (unpaired) electrons. The van der Waals surface area contributed by atoms with Crippen molar-refractivity contribution in [2.45, 2.75) is 38.0 Å². The Balaban J connectivity index is 1.98. The number of amides is 1. The van der Waals surface area contributed by atoms with E-state index in [1.807, 2.05) is 13.0 Å². The van der Waals surface area contributed by atoms with Crippen LogP contribution in [0.5, 0.6) is 0 Å². The lowest BCUT2D eigenvalue weighted by Gasteiger charge is -2.29. The van der Waals surface area contributed by atoms with Crippen LogP contribution in [0.1, 0.15) is 39.0 Å². The van der Waals surface area contributed by atoms with Gasteiger partial charge in [-0.2, -0.15) is 0 Å². The predicted octanol–water partition coefficient (Wildman–Crippen LogP) is 3.62. The lowest BCUT2D eigenvalue weighted by atomic mass is 10.0. The summed E-state index contributed by atoms with van der Waals surface area (Å²) in [4.78, 5) is 17.0. The minimum Gasteiger partial charge on any atom is -0.307 e. The summed E-state index contributed by atoms with van der Waals surface area (Å²) in [5.74, 6) is 0.0101. The van der Waals surface area contributed by atoms with E-state index in [1.165, 1.54) is 11.1 Å². The first-order chi connectivity index (χ1) is 11.3. The molecule has 1 aliphatic heterocycles. The van der Waals surface area contributed by atoms with Crippen LogP contribution in [0.2, 0.25) is 0 Å². The molecular formula is C18H21NO3S2. The van der Waals surface area contributed by atoms with Gasteiger partial charge in [-0.15, -0.1) is 11.3 Å². The fraction of sp³-hybridized carbons (Fsp3) is 0.389. The fourth-order valence-corrected chi connectivity index (χ4v) is 4.86. The Morgan fingerprint density at radius 1 is 1.29 bits per heavy atom. The first-order valence-electron chi connectivity index (χ1n) is 8.05. The van der Waals surface area contributed by atoms with Crippen molar-refractivity contribution in [1.29, 1.82) is 0 Å². The van der Waals surface area contributed by atoms with Gasteiger partial charge in [0, 0.05) is 23.4 Å². The lowest BCUT2D eigenvalue weighted by molar-refractivity contribution is 0.0989. The van der Waals surface area contributed by atoms with E-state index in [0.717, 1.165) is 41.0 Å². The second kappa shape index (κ2) is 6.33. The molecule has 1 aromatic carbocycles. The Morgan fingerprint density at radius 3 is 2.67 bits per heavy atom. The fourth-order valence-electron chi connectivity index (χ4n) is 3.12. The maximum absolute atomic E-state index is 12.9. The van der Waals surface area contributed by atoms with E-state index in [4.69, 9.17) is 0 Å². The van der Waals surface area contributed by atoms with Crippen LogP contribution in [0.15, 0.2) is 29.2 Å². The van der Waals surface area contributed by atoms with Gasteiger partial charge in [0.1, 0.15) is 0 Å². The quantitative estimate of drug-likeness (QED) is 0.837. The number of carbonyl (C=O) groups is 1. The third-order valence-electron chi connectivity index (χ3n) is 4.40. The number of anilines is 1. The summed E-state index contributed by atoms with van der Waals surface area (Å²) in [6.07, 6.45) is 3.78.